The maximum absolute atomic E-state index is 13.1. The number of hydrogen-bond donors (Lipinski definition) is 1. The van der Waals surface area contributed by atoms with Crippen LogP contribution >= 0.6 is 11.3 Å². The molecule has 0 atom stereocenters. The first kappa shape index (κ1) is 14.6. The van der Waals surface area contributed by atoms with Gasteiger partial charge in [0.05, 0.1) is 10.3 Å². The molecule has 1 heterocycles. The number of rotatable bonds is 3. The predicted molar refractivity (Wildman–Crippen MR) is 96.8 cm³/mol. The van der Waals surface area contributed by atoms with Gasteiger partial charge in [0.15, 0.2) is 5.13 Å². The van der Waals surface area contributed by atoms with E-state index in [0.29, 0.717) is 0 Å². The lowest BCUT2D eigenvalue weighted by Gasteiger charge is -2.55. The van der Waals surface area contributed by atoms with Gasteiger partial charge in [0.2, 0.25) is 5.91 Å². The molecule has 1 amide bonds. The summed E-state index contributed by atoms with van der Waals surface area (Å²) in [5, 5.41) is 3.90. The molecule has 4 aliphatic rings. The van der Waals surface area contributed by atoms with Crippen molar-refractivity contribution >= 4 is 22.4 Å². The van der Waals surface area contributed by atoms with Gasteiger partial charge in [0, 0.05) is 6.20 Å². The average molecular weight is 338 g/mol. The van der Waals surface area contributed by atoms with Gasteiger partial charge >= 0.3 is 0 Å². The molecular weight excluding hydrogens is 316 g/mol. The van der Waals surface area contributed by atoms with Gasteiger partial charge in [-0.25, -0.2) is 4.98 Å². The Morgan fingerprint density at radius 2 is 1.67 bits per heavy atom. The standard InChI is InChI=1S/C20H22N2OS/c23-18(20-9-13-6-14(10-20)8-15(7-13)11-20)22-19-21-12-17(24-19)16-4-2-1-3-5-16/h1-5,12-15H,6-11H2,(H,21,22,23). The second kappa shape index (κ2) is 5.41. The maximum atomic E-state index is 13.1. The summed E-state index contributed by atoms with van der Waals surface area (Å²) < 4.78 is 0. The fourth-order valence-electron chi connectivity index (χ4n) is 5.69. The Morgan fingerprint density at radius 3 is 2.29 bits per heavy atom. The number of anilines is 1. The highest BCUT2D eigenvalue weighted by atomic mass is 32.1. The molecule has 0 saturated heterocycles. The molecule has 4 saturated carbocycles. The lowest BCUT2D eigenvalue weighted by Crippen LogP contribution is -2.51. The molecule has 1 N–H and O–H groups in total. The third kappa shape index (κ3) is 2.39. The van der Waals surface area contributed by atoms with Crippen molar-refractivity contribution in [2.45, 2.75) is 38.5 Å². The summed E-state index contributed by atoms with van der Waals surface area (Å²) in [7, 11) is 0. The molecule has 1 aromatic carbocycles. The van der Waals surface area contributed by atoms with Gasteiger partial charge in [-0.15, -0.1) is 0 Å². The van der Waals surface area contributed by atoms with Crippen LogP contribution in [0.3, 0.4) is 0 Å². The Balaban J connectivity index is 1.35. The molecule has 6 rings (SSSR count). The molecule has 0 spiro atoms. The second-order valence-corrected chi connectivity index (χ2v) is 9.08. The summed E-state index contributed by atoms with van der Waals surface area (Å²) in [6, 6.07) is 10.2. The normalized spacial score (nSPS) is 33.6. The van der Waals surface area contributed by atoms with E-state index in [2.05, 4.69) is 22.4 Å². The van der Waals surface area contributed by atoms with Gasteiger partial charge < -0.3 is 5.32 Å². The average Bonchev–Trinajstić information content (AvgIpc) is 3.03. The van der Waals surface area contributed by atoms with E-state index in [4.69, 9.17) is 0 Å². The van der Waals surface area contributed by atoms with E-state index >= 15 is 0 Å². The van der Waals surface area contributed by atoms with E-state index in [0.717, 1.165) is 52.6 Å². The first-order valence-corrected chi connectivity index (χ1v) is 9.84. The first-order chi connectivity index (χ1) is 11.7. The number of carbonyl (C=O) groups is 1. The molecule has 2 aromatic rings. The Kier molecular flexibility index (Phi) is 3.30. The molecule has 4 bridgehead atoms. The number of benzene rings is 1. The van der Waals surface area contributed by atoms with Crippen molar-refractivity contribution in [3.63, 3.8) is 0 Å². The van der Waals surface area contributed by atoms with Crippen LogP contribution in [0.15, 0.2) is 36.5 Å². The van der Waals surface area contributed by atoms with E-state index in [-0.39, 0.29) is 11.3 Å². The van der Waals surface area contributed by atoms with Crippen LogP contribution in [0.5, 0.6) is 0 Å². The van der Waals surface area contributed by atoms with Crippen molar-refractivity contribution in [3.8, 4) is 10.4 Å². The van der Waals surface area contributed by atoms with Gasteiger partial charge in [0.1, 0.15) is 0 Å². The molecule has 0 radical (unpaired) electrons. The fourth-order valence-corrected chi connectivity index (χ4v) is 6.50. The molecule has 0 aliphatic heterocycles. The van der Waals surface area contributed by atoms with E-state index in [1.165, 1.54) is 19.3 Å². The summed E-state index contributed by atoms with van der Waals surface area (Å²) in [5.74, 6) is 2.60. The van der Waals surface area contributed by atoms with Crippen LogP contribution in [0.2, 0.25) is 0 Å². The van der Waals surface area contributed by atoms with Crippen LogP contribution in [-0.4, -0.2) is 10.9 Å². The molecule has 24 heavy (non-hydrogen) atoms. The molecule has 4 aliphatic carbocycles. The molecule has 124 valence electrons. The van der Waals surface area contributed by atoms with Crippen LogP contribution in [0.4, 0.5) is 5.13 Å². The third-order valence-electron chi connectivity index (χ3n) is 6.30. The molecule has 0 unspecified atom stereocenters. The molecular formula is C20H22N2OS. The van der Waals surface area contributed by atoms with Crippen LogP contribution in [0, 0.1) is 23.2 Å². The largest absolute Gasteiger partial charge is 0.301 e. The SMILES string of the molecule is O=C(Nc1ncc(-c2ccccc2)s1)C12CC3CC(CC(C3)C1)C2. The highest BCUT2D eigenvalue weighted by Crippen LogP contribution is 2.60. The van der Waals surface area contributed by atoms with Crippen molar-refractivity contribution in [2.75, 3.05) is 5.32 Å². The summed E-state index contributed by atoms with van der Waals surface area (Å²) in [5.41, 5.74) is 1.05. The minimum absolute atomic E-state index is 0.104. The van der Waals surface area contributed by atoms with Gasteiger partial charge in [0.25, 0.3) is 0 Å². The van der Waals surface area contributed by atoms with E-state index in [1.807, 2.05) is 24.4 Å². The van der Waals surface area contributed by atoms with Crippen LogP contribution in [0.1, 0.15) is 38.5 Å². The Bertz CT molecular complexity index is 732. The zero-order valence-corrected chi connectivity index (χ0v) is 14.5. The summed E-state index contributed by atoms with van der Waals surface area (Å²) >= 11 is 1.58. The van der Waals surface area contributed by atoms with Crippen LogP contribution in [0.25, 0.3) is 10.4 Å². The van der Waals surface area contributed by atoms with E-state index in [1.54, 1.807) is 11.3 Å². The molecule has 1 aromatic heterocycles. The van der Waals surface area contributed by atoms with Crippen molar-refractivity contribution in [1.29, 1.82) is 0 Å². The van der Waals surface area contributed by atoms with Gasteiger partial charge in [-0.2, -0.15) is 0 Å². The zero-order chi connectivity index (χ0) is 16.1. The van der Waals surface area contributed by atoms with E-state index < -0.39 is 0 Å². The summed E-state index contributed by atoms with van der Waals surface area (Å²) in [6.07, 6.45) is 9.26. The number of thiazole rings is 1. The van der Waals surface area contributed by atoms with E-state index in [9.17, 15) is 4.79 Å². The molecule has 4 fully saturated rings. The molecule has 4 heteroatoms. The van der Waals surface area contributed by atoms with Crippen molar-refractivity contribution in [1.82, 2.24) is 4.98 Å². The number of amides is 1. The fraction of sp³-hybridized carbons (Fsp3) is 0.500. The highest BCUT2D eigenvalue weighted by Gasteiger charge is 2.54. The number of nitrogens with one attached hydrogen (secondary N) is 1. The first-order valence-electron chi connectivity index (χ1n) is 9.03. The lowest BCUT2D eigenvalue weighted by atomic mass is 9.49. The predicted octanol–water partition coefficient (Wildman–Crippen LogP) is 4.97. The number of aromatic nitrogens is 1. The summed E-state index contributed by atoms with van der Waals surface area (Å²) in [6.45, 7) is 0. The Labute approximate surface area is 146 Å². The Morgan fingerprint density at radius 1 is 1.04 bits per heavy atom. The van der Waals surface area contributed by atoms with Gasteiger partial charge in [-0.3, -0.25) is 4.79 Å². The van der Waals surface area contributed by atoms with Crippen molar-refractivity contribution < 1.29 is 4.79 Å². The maximum Gasteiger partial charge on any atom is 0.232 e. The molecule has 3 nitrogen and oxygen atoms in total. The smallest absolute Gasteiger partial charge is 0.232 e. The van der Waals surface area contributed by atoms with Crippen LogP contribution < -0.4 is 5.32 Å². The second-order valence-electron chi connectivity index (χ2n) is 8.05. The minimum Gasteiger partial charge on any atom is -0.301 e. The lowest BCUT2D eigenvalue weighted by molar-refractivity contribution is -0.140. The van der Waals surface area contributed by atoms with Gasteiger partial charge in [-0.1, -0.05) is 41.7 Å². The van der Waals surface area contributed by atoms with Crippen molar-refractivity contribution in [3.05, 3.63) is 36.5 Å². The van der Waals surface area contributed by atoms with Gasteiger partial charge in [-0.05, 0) is 61.8 Å². The third-order valence-corrected chi connectivity index (χ3v) is 7.27. The highest BCUT2D eigenvalue weighted by molar-refractivity contribution is 7.19. The monoisotopic (exact) mass is 338 g/mol. The Hall–Kier alpha value is -1.68. The minimum atomic E-state index is -0.104. The number of nitrogens with zero attached hydrogens (tertiary/aromatic N) is 1. The number of hydrogen-bond acceptors (Lipinski definition) is 3. The summed E-state index contributed by atoms with van der Waals surface area (Å²) in [4.78, 5) is 18.6. The topological polar surface area (TPSA) is 42.0 Å². The zero-order valence-electron chi connectivity index (χ0n) is 13.7. The quantitative estimate of drug-likeness (QED) is 0.859. The van der Waals surface area contributed by atoms with Crippen molar-refractivity contribution in [2.24, 2.45) is 23.2 Å². The number of carbonyl (C=O) groups excluding carboxylic acids is 1. The van der Waals surface area contributed by atoms with Crippen LogP contribution in [-0.2, 0) is 4.79 Å².